The highest BCUT2D eigenvalue weighted by molar-refractivity contribution is 5.23. The van der Waals surface area contributed by atoms with Gasteiger partial charge in [0.2, 0.25) is 0 Å². The second kappa shape index (κ2) is 10.6. The van der Waals surface area contributed by atoms with Crippen molar-refractivity contribution in [2.24, 2.45) is 29.6 Å². The van der Waals surface area contributed by atoms with E-state index in [0.717, 1.165) is 37.0 Å². The Morgan fingerprint density at radius 1 is 0.719 bits per heavy atom. The van der Waals surface area contributed by atoms with E-state index in [0.29, 0.717) is 18.8 Å². The van der Waals surface area contributed by atoms with Gasteiger partial charge in [-0.15, -0.1) is 0 Å². The Morgan fingerprint density at radius 2 is 1.25 bits per heavy atom. The molecule has 0 bridgehead atoms. The average Bonchev–Trinajstić information content (AvgIpc) is 3.43. The number of rotatable bonds is 9. The fourth-order valence-electron chi connectivity index (χ4n) is 8.28. The summed E-state index contributed by atoms with van der Waals surface area (Å²) in [5.41, 5.74) is -1.69. The Morgan fingerprint density at radius 3 is 1.78 bits per heavy atom. The Balaban J connectivity index is 0.00000204. The van der Waals surface area contributed by atoms with Crippen LogP contribution in [0.3, 0.4) is 0 Å². The van der Waals surface area contributed by atoms with Crippen LogP contribution < -0.4 is 0 Å². The Hall–Kier alpha value is -0.180. The monoisotopic (exact) mass is 456 g/mol. The molecule has 0 aromatic carbocycles. The van der Waals surface area contributed by atoms with Gasteiger partial charge in [-0.25, -0.2) is 8.78 Å². The zero-order chi connectivity index (χ0) is 22.8. The fraction of sp³-hybridized carbons (Fsp3) is 1.00. The van der Waals surface area contributed by atoms with Crippen LogP contribution in [0.15, 0.2) is 0 Å². The molecule has 3 atom stereocenters. The normalized spacial score (nSPS) is 47.0. The summed E-state index contributed by atoms with van der Waals surface area (Å²) in [6.45, 7) is 6.48. The topological polar surface area (TPSA) is 12.5 Å². The highest BCUT2D eigenvalue weighted by atomic mass is 19.1. The summed E-state index contributed by atoms with van der Waals surface area (Å²) in [4.78, 5) is 0. The first-order valence-electron chi connectivity index (χ1n) is 14.4. The van der Waals surface area contributed by atoms with Crippen LogP contribution >= 0.6 is 0 Å². The van der Waals surface area contributed by atoms with Crippen LogP contribution in [0.25, 0.3) is 0 Å². The molecule has 0 N–H and O–H groups in total. The van der Waals surface area contributed by atoms with Crippen molar-refractivity contribution in [2.75, 3.05) is 0 Å². The van der Waals surface area contributed by atoms with Crippen LogP contribution in [-0.4, -0.2) is 23.5 Å². The van der Waals surface area contributed by atoms with Crippen LogP contribution in [0.1, 0.15) is 133 Å². The molecule has 32 heavy (non-hydrogen) atoms. The van der Waals surface area contributed by atoms with Crippen LogP contribution in [0.2, 0.25) is 0 Å². The molecular weight excluding hydrogens is 402 g/mol. The number of hydrogen-bond donors (Lipinski definition) is 0. The minimum Gasteiger partial charge on any atom is -0.356 e. The molecule has 3 aliphatic carbocycles. The molecule has 190 valence electrons. The highest BCUT2D eigenvalue weighted by Crippen LogP contribution is 2.62. The molecule has 1 saturated heterocycles. The Bertz CT molecular complexity index is 577. The largest absolute Gasteiger partial charge is 0.356 e. The molecule has 0 amide bonds. The molecule has 1 nitrogen and oxygen atoms in total. The molecule has 0 radical (unpaired) electrons. The van der Waals surface area contributed by atoms with Crippen LogP contribution in [0, 0.1) is 29.6 Å². The first-order valence-corrected chi connectivity index (χ1v) is 14.4. The molecule has 1 heterocycles. The van der Waals surface area contributed by atoms with E-state index in [1.807, 2.05) is 6.92 Å². The van der Waals surface area contributed by atoms with Crippen LogP contribution in [0.4, 0.5) is 8.78 Å². The molecule has 1 aliphatic heterocycles. The number of ether oxygens (including phenoxy) is 1. The molecular formula is C29H54F2O. The van der Waals surface area contributed by atoms with Gasteiger partial charge in [-0.05, 0) is 94.3 Å². The summed E-state index contributed by atoms with van der Waals surface area (Å²) < 4.78 is 36.8. The van der Waals surface area contributed by atoms with Crippen molar-refractivity contribution in [3.8, 4) is 0 Å². The molecule has 3 saturated carbocycles. The number of hydrogen-bond acceptors (Lipinski definition) is 1. The molecule has 0 aromatic rings. The standard InChI is InChI=1S/C29H50F2O.2H2/c1-4-6-7-8-18-28(3)29(32-28)26(30)19-25(20-27(29)31)24-16-14-23(15-17-24)22-12-10-21(9-5-2)11-13-22;;/h21-27H,4-20H2,1-3H3;2*1H. The molecule has 3 heteroatoms. The van der Waals surface area contributed by atoms with Crippen molar-refractivity contribution in [1.82, 2.24) is 0 Å². The van der Waals surface area contributed by atoms with Gasteiger partial charge in [-0.1, -0.05) is 65.2 Å². The summed E-state index contributed by atoms with van der Waals surface area (Å²) in [6, 6.07) is 0. The SMILES string of the molecule is CCCCCCC1(C)OC12C(F)CC(C1CCC(C3CCC(CCC)CC3)CC1)CC2F.[HH].[HH]. The summed E-state index contributed by atoms with van der Waals surface area (Å²) in [6.07, 6.45) is 17.7. The fourth-order valence-corrected chi connectivity index (χ4v) is 8.28. The second-order valence-electron chi connectivity index (χ2n) is 12.3. The quantitative estimate of drug-likeness (QED) is 0.248. The maximum atomic E-state index is 15.5. The third-order valence-corrected chi connectivity index (χ3v) is 10.4. The van der Waals surface area contributed by atoms with E-state index < -0.39 is 23.5 Å². The Kier molecular flexibility index (Phi) is 8.27. The van der Waals surface area contributed by atoms with E-state index in [9.17, 15) is 0 Å². The van der Waals surface area contributed by atoms with E-state index in [-0.39, 0.29) is 8.77 Å². The maximum Gasteiger partial charge on any atom is 0.159 e. The third kappa shape index (κ3) is 4.94. The van der Waals surface area contributed by atoms with Gasteiger partial charge in [0.25, 0.3) is 0 Å². The predicted molar refractivity (Wildman–Crippen MR) is 134 cm³/mol. The maximum absolute atomic E-state index is 15.5. The van der Waals surface area contributed by atoms with Crippen molar-refractivity contribution in [3.63, 3.8) is 0 Å². The minimum atomic E-state index is -1.13. The smallest absolute Gasteiger partial charge is 0.159 e. The van der Waals surface area contributed by atoms with Crippen molar-refractivity contribution in [3.05, 3.63) is 0 Å². The van der Waals surface area contributed by atoms with Crippen LogP contribution in [-0.2, 0) is 4.74 Å². The summed E-state index contributed by atoms with van der Waals surface area (Å²) in [5.74, 6) is 3.54. The van der Waals surface area contributed by atoms with Gasteiger partial charge in [-0.2, -0.15) is 0 Å². The van der Waals surface area contributed by atoms with Gasteiger partial charge in [-0.3, -0.25) is 0 Å². The lowest BCUT2D eigenvalue weighted by atomic mass is 9.63. The minimum absolute atomic E-state index is 0. The first kappa shape index (κ1) is 24.9. The highest BCUT2D eigenvalue weighted by Gasteiger charge is 2.76. The van der Waals surface area contributed by atoms with Crippen molar-refractivity contribution >= 4 is 0 Å². The van der Waals surface area contributed by atoms with Gasteiger partial charge < -0.3 is 4.74 Å². The van der Waals surface area contributed by atoms with E-state index in [1.54, 1.807) is 0 Å². The number of unbranched alkanes of at least 4 members (excludes halogenated alkanes) is 3. The molecule has 4 fully saturated rings. The zero-order valence-electron chi connectivity index (χ0n) is 21.2. The van der Waals surface area contributed by atoms with E-state index >= 15 is 8.78 Å². The third-order valence-electron chi connectivity index (χ3n) is 10.4. The van der Waals surface area contributed by atoms with Gasteiger partial charge in [0.15, 0.2) is 5.60 Å². The Labute approximate surface area is 199 Å². The van der Waals surface area contributed by atoms with E-state index in [1.165, 1.54) is 77.0 Å². The van der Waals surface area contributed by atoms with Gasteiger partial charge >= 0.3 is 0 Å². The second-order valence-corrected chi connectivity index (χ2v) is 12.3. The molecule has 4 aliphatic rings. The molecule has 4 rings (SSSR count). The number of halogens is 2. The lowest BCUT2D eigenvalue weighted by Crippen LogP contribution is -2.49. The number of alkyl halides is 2. The molecule has 1 spiro atoms. The number of epoxide rings is 1. The lowest BCUT2D eigenvalue weighted by Gasteiger charge is -2.43. The van der Waals surface area contributed by atoms with Gasteiger partial charge in [0, 0.05) is 2.85 Å². The van der Waals surface area contributed by atoms with E-state index in [4.69, 9.17) is 4.74 Å². The van der Waals surface area contributed by atoms with E-state index in [2.05, 4.69) is 13.8 Å². The van der Waals surface area contributed by atoms with Gasteiger partial charge in [0.05, 0.1) is 0 Å². The summed E-state index contributed by atoms with van der Waals surface area (Å²) in [5, 5.41) is 0. The lowest BCUT2D eigenvalue weighted by molar-refractivity contribution is -0.0107. The summed E-state index contributed by atoms with van der Waals surface area (Å²) >= 11 is 0. The van der Waals surface area contributed by atoms with Crippen LogP contribution in [0.5, 0.6) is 0 Å². The van der Waals surface area contributed by atoms with Crippen molar-refractivity contribution in [1.29, 1.82) is 0 Å². The van der Waals surface area contributed by atoms with Crippen molar-refractivity contribution in [2.45, 2.75) is 153 Å². The van der Waals surface area contributed by atoms with Crippen molar-refractivity contribution < 1.29 is 16.4 Å². The predicted octanol–water partition coefficient (Wildman–Crippen LogP) is 9.48. The zero-order valence-corrected chi connectivity index (χ0v) is 21.2. The molecule has 3 unspecified atom stereocenters. The molecule has 0 aromatic heterocycles. The first-order chi connectivity index (χ1) is 15.4. The summed E-state index contributed by atoms with van der Waals surface area (Å²) in [7, 11) is 0. The average molecular weight is 457 g/mol. The van der Waals surface area contributed by atoms with Gasteiger partial charge in [0.1, 0.15) is 17.9 Å².